The molecule has 2 heterocycles. The number of hydrogen-bond donors (Lipinski definition) is 0. The molecule has 0 fully saturated rings. The van der Waals surface area contributed by atoms with E-state index < -0.39 is 5.97 Å². The molecule has 0 amide bonds. The molecule has 28 heavy (non-hydrogen) atoms. The smallest absolute Gasteiger partial charge is 0.344 e. The number of carbonyl (C=O) groups is 2. The molecule has 0 saturated carbocycles. The molecule has 0 aliphatic rings. The summed E-state index contributed by atoms with van der Waals surface area (Å²) < 4.78 is 16.9. The van der Waals surface area contributed by atoms with Gasteiger partial charge in [0.25, 0.3) is 5.56 Å². The first kappa shape index (κ1) is 19.5. The number of Topliss-reactive ketones (excluding diaryl/α,β-unsaturated/α-hetero) is 1. The number of esters is 1. The minimum atomic E-state index is -0.617. The number of ketones is 1. The standard InChI is InChI=1S/C18H17N3O6S/c1-10-6-16(23)21-18(19-10)28-15(20-21)8-27-17(24)9-26-13-5-4-12(11(2)22)7-14(13)25-3/h4-7H,8-9H2,1-3H3. The largest absolute Gasteiger partial charge is 0.493 e. The molecule has 3 rings (SSSR count). The van der Waals surface area contributed by atoms with Gasteiger partial charge in [0.05, 0.1) is 7.11 Å². The summed E-state index contributed by atoms with van der Waals surface area (Å²) in [6.45, 7) is 2.71. The van der Waals surface area contributed by atoms with Crippen molar-refractivity contribution in [3.63, 3.8) is 0 Å². The highest BCUT2D eigenvalue weighted by Crippen LogP contribution is 2.28. The maximum atomic E-state index is 12.0. The van der Waals surface area contributed by atoms with E-state index in [1.54, 1.807) is 19.1 Å². The number of aryl methyl sites for hydroxylation is 1. The van der Waals surface area contributed by atoms with Crippen LogP contribution in [0.3, 0.4) is 0 Å². The first-order chi connectivity index (χ1) is 13.4. The fourth-order valence-corrected chi connectivity index (χ4v) is 3.20. The maximum absolute atomic E-state index is 12.0. The zero-order valence-corrected chi connectivity index (χ0v) is 16.2. The van der Waals surface area contributed by atoms with E-state index >= 15 is 0 Å². The van der Waals surface area contributed by atoms with Crippen LogP contribution in [0.1, 0.15) is 28.0 Å². The lowest BCUT2D eigenvalue weighted by Crippen LogP contribution is -2.16. The molecular formula is C18H17N3O6S. The van der Waals surface area contributed by atoms with Gasteiger partial charge in [0.15, 0.2) is 28.9 Å². The summed E-state index contributed by atoms with van der Waals surface area (Å²) in [6, 6.07) is 6.05. The number of hydrogen-bond acceptors (Lipinski definition) is 9. The molecule has 0 aliphatic carbocycles. The van der Waals surface area contributed by atoms with Crippen LogP contribution < -0.4 is 15.0 Å². The second-order valence-electron chi connectivity index (χ2n) is 5.80. The third-order valence-electron chi connectivity index (χ3n) is 3.69. The van der Waals surface area contributed by atoms with Gasteiger partial charge in [0, 0.05) is 17.3 Å². The highest BCUT2D eigenvalue weighted by atomic mass is 32.1. The predicted octanol–water partition coefficient (Wildman–Crippen LogP) is 1.79. The van der Waals surface area contributed by atoms with Gasteiger partial charge < -0.3 is 14.2 Å². The Bertz CT molecular complexity index is 1100. The van der Waals surface area contributed by atoms with E-state index in [0.29, 0.717) is 32.7 Å². The normalized spacial score (nSPS) is 10.7. The number of carbonyl (C=O) groups excluding carboxylic acids is 2. The van der Waals surface area contributed by atoms with Crippen molar-refractivity contribution in [2.24, 2.45) is 0 Å². The van der Waals surface area contributed by atoms with Crippen LogP contribution in [0.5, 0.6) is 11.5 Å². The van der Waals surface area contributed by atoms with E-state index in [-0.39, 0.29) is 24.6 Å². The van der Waals surface area contributed by atoms with Crippen LogP contribution in [0.15, 0.2) is 29.1 Å². The zero-order valence-electron chi connectivity index (χ0n) is 15.4. The first-order valence-electron chi connectivity index (χ1n) is 8.21. The number of methoxy groups -OCH3 is 1. The lowest BCUT2D eigenvalue weighted by atomic mass is 10.1. The second kappa shape index (κ2) is 8.17. The molecular weight excluding hydrogens is 386 g/mol. The molecule has 1 aromatic carbocycles. The lowest BCUT2D eigenvalue weighted by molar-refractivity contribution is -0.147. The Labute approximate surface area is 163 Å². The van der Waals surface area contributed by atoms with Gasteiger partial charge >= 0.3 is 5.97 Å². The molecule has 0 atom stereocenters. The molecule has 3 aromatic rings. The molecule has 0 radical (unpaired) electrons. The summed E-state index contributed by atoms with van der Waals surface area (Å²) in [6.07, 6.45) is 0. The molecule has 146 valence electrons. The van der Waals surface area contributed by atoms with Gasteiger partial charge in [-0.05, 0) is 32.0 Å². The topological polar surface area (TPSA) is 109 Å². The van der Waals surface area contributed by atoms with E-state index in [9.17, 15) is 14.4 Å². The molecule has 10 heteroatoms. The molecule has 0 spiro atoms. The number of rotatable bonds is 7. The number of nitrogens with zero attached hydrogens (tertiary/aromatic N) is 3. The van der Waals surface area contributed by atoms with Crippen molar-refractivity contribution in [1.82, 2.24) is 14.6 Å². The van der Waals surface area contributed by atoms with Crippen molar-refractivity contribution in [3.8, 4) is 11.5 Å². The third kappa shape index (κ3) is 4.34. The van der Waals surface area contributed by atoms with Gasteiger partial charge in [-0.2, -0.15) is 9.61 Å². The summed E-state index contributed by atoms with van der Waals surface area (Å²) in [5, 5.41) is 4.52. The minimum Gasteiger partial charge on any atom is -0.493 e. The lowest BCUT2D eigenvalue weighted by Gasteiger charge is -2.11. The first-order valence-corrected chi connectivity index (χ1v) is 9.03. The van der Waals surface area contributed by atoms with Crippen LogP contribution in [0, 0.1) is 6.92 Å². The number of aromatic nitrogens is 3. The monoisotopic (exact) mass is 403 g/mol. The SMILES string of the molecule is COc1cc(C(C)=O)ccc1OCC(=O)OCc1nn2c(=O)cc(C)nc2s1. The van der Waals surface area contributed by atoms with Crippen molar-refractivity contribution < 1.29 is 23.8 Å². The molecule has 0 unspecified atom stereocenters. The maximum Gasteiger partial charge on any atom is 0.344 e. The Morgan fingerprint density at radius 3 is 2.71 bits per heavy atom. The van der Waals surface area contributed by atoms with Gasteiger partial charge in [-0.3, -0.25) is 9.59 Å². The zero-order chi connectivity index (χ0) is 20.3. The van der Waals surface area contributed by atoms with E-state index in [1.165, 1.54) is 30.7 Å². The summed E-state index contributed by atoms with van der Waals surface area (Å²) in [7, 11) is 1.44. The Morgan fingerprint density at radius 1 is 1.21 bits per heavy atom. The summed E-state index contributed by atoms with van der Waals surface area (Å²) >= 11 is 1.16. The van der Waals surface area contributed by atoms with Crippen LogP contribution in [0.2, 0.25) is 0 Å². The van der Waals surface area contributed by atoms with Gasteiger partial charge in [-0.25, -0.2) is 9.78 Å². The Morgan fingerprint density at radius 2 is 2.00 bits per heavy atom. The van der Waals surface area contributed by atoms with Crippen LogP contribution in [0.4, 0.5) is 0 Å². The Kier molecular flexibility index (Phi) is 5.69. The van der Waals surface area contributed by atoms with Crippen LogP contribution in [0.25, 0.3) is 4.96 Å². The summed E-state index contributed by atoms with van der Waals surface area (Å²) in [5.41, 5.74) is 0.776. The van der Waals surface area contributed by atoms with E-state index in [2.05, 4.69) is 10.1 Å². The molecule has 0 aliphatic heterocycles. The highest BCUT2D eigenvalue weighted by molar-refractivity contribution is 7.16. The summed E-state index contributed by atoms with van der Waals surface area (Å²) in [4.78, 5) is 39.9. The molecule has 2 aromatic heterocycles. The van der Waals surface area contributed by atoms with Gasteiger partial charge in [-0.1, -0.05) is 11.3 Å². The van der Waals surface area contributed by atoms with Crippen LogP contribution in [-0.2, 0) is 16.1 Å². The predicted molar refractivity (Wildman–Crippen MR) is 100 cm³/mol. The highest BCUT2D eigenvalue weighted by Gasteiger charge is 2.13. The van der Waals surface area contributed by atoms with Crippen molar-refractivity contribution in [3.05, 3.63) is 50.9 Å². The van der Waals surface area contributed by atoms with Gasteiger partial charge in [0.2, 0.25) is 4.96 Å². The molecule has 0 bridgehead atoms. The fourth-order valence-electron chi connectivity index (χ4n) is 2.34. The van der Waals surface area contributed by atoms with Crippen molar-refractivity contribution in [1.29, 1.82) is 0 Å². The number of fused-ring (bicyclic) bond motifs is 1. The minimum absolute atomic E-state index is 0.102. The Balaban J connectivity index is 1.60. The van der Waals surface area contributed by atoms with E-state index in [1.807, 2.05) is 0 Å². The average molecular weight is 403 g/mol. The van der Waals surface area contributed by atoms with Gasteiger partial charge in [0.1, 0.15) is 6.61 Å². The quantitative estimate of drug-likeness (QED) is 0.434. The number of ether oxygens (including phenoxy) is 3. The molecule has 9 nitrogen and oxygen atoms in total. The van der Waals surface area contributed by atoms with Gasteiger partial charge in [-0.15, -0.1) is 0 Å². The third-order valence-corrected chi connectivity index (χ3v) is 4.57. The van der Waals surface area contributed by atoms with E-state index in [4.69, 9.17) is 14.2 Å². The fraction of sp³-hybridized carbons (Fsp3) is 0.278. The molecule has 0 saturated heterocycles. The van der Waals surface area contributed by atoms with Crippen molar-refractivity contribution in [2.45, 2.75) is 20.5 Å². The van der Waals surface area contributed by atoms with Crippen molar-refractivity contribution >= 4 is 28.1 Å². The molecule has 0 N–H and O–H groups in total. The number of benzene rings is 1. The average Bonchev–Trinajstić information content (AvgIpc) is 3.07. The van der Waals surface area contributed by atoms with Crippen LogP contribution >= 0.6 is 11.3 Å². The Hall–Kier alpha value is -3.27. The van der Waals surface area contributed by atoms with E-state index in [0.717, 1.165) is 11.3 Å². The summed E-state index contributed by atoms with van der Waals surface area (Å²) in [5.74, 6) is -0.0690. The second-order valence-corrected chi connectivity index (χ2v) is 6.84. The van der Waals surface area contributed by atoms with Crippen LogP contribution in [-0.4, -0.2) is 40.1 Å². The van der Waals surface area contributed by atoms with Crippen molar-refractivity contribution in [2.75, 3.05) is 13.7 Å².